The van der Waals surface area contributed by atoms with Crippen LogP contribution in [-0.2, 0) is 10.2 Å². The zero-order valence-corrected chi connectivity index (χ0v) is 12.9. The van der Waals surface area contributed by atoms with Crippen LogP contribution in [0.25, 0.3) is 0 Å². The van der Waals surface area contributed by atoms with Crippen LogP contribution < -0.4 is 5.32 Å². The lowest BCUT2D eigenvalue weighted by Gasteiger charge is -2.30. The van der Waals surface area contributed by atoms with Crippen LogP contribution in [0.3, 0.4) is 0 Å². The standard InChI is InChI=1S/C18H25NO2/c1-18(2)11-16(14-5-3-4-6-15(14)18)19-13-9-7-12(8-10-13)17(20)21/h3-6,12-13,16,19H,7-11H2,1-2H3,(H,20,21). The molecule has 0 radical (unpaired) electrons. The minimum atomic E-state index is -0.624. The Morgan fingerprint density at radius 1 is 1.19 bits per heavy atom. The van der Waals surface area contributed by atoms with Gasteiger partial charge in [0.2, 0.25) is 0 Å². The summed E-state index contributed by atoms with van der Waals surface area (Å²) < 4.78 is 0. The molecule has 1 fully saturated rings. The Labute approximate surface area is 126 Å². The Bertz CT molecular complexity index is 530. The lowest BCUT2D eigenvalue weighted by Crippen LogP contribution is -2.37. The molecule has 0 spiro atoms. The van der Waals surface area contributed by atoms with Gasteiger partial charge in [0.05, 0.1) is 5.92 Å². The molecule has 2 aliphatic carbocycles. The SMILES string of the molecule is CC1(C)CC(NC2CCC(C(=O)O)CC2)c2ccccc21. The van der Waals surface area contributed by atoms with Crippen molar-refractivity contribution in [3.05, 3.63) is 35.4 Å². The first kappa shape index (κ1) is 14.6. The number of nitrogens with one attached hydrogen (secondary N) is 1. The first-order valence-electron chi connectivity index (χ1n) is 8.05. The van der Waals surface area contributed by atoms with Crippen molar-refractivity contribution in [1.82, 2.24) is 5.32 Å². The van der Waals surface area contributed by atoms with Crippen molar-refractivity contribution in [2.24, 2.45) is 5.92 Å². The maximum atomic E-state index is 11.0. The number of hydrogen-bond donors (Lipinski definition) is 2. The number of rotatable bonds is 3. The van der Waals surface area contributed by atoms with E-state index >= 15 is 0 Å². The molecule has 1 unspecified atom stereocenters. The predicted octanol–water partition coefficient (Wildman–Crippen LogP) is 3.64. The molecule has 0 aliphatic heterocycles. The lowest BCUT2D eigenvalue weighted by atomic mass is 9.85. The quantitative estimate of drug-likeness (QED) is 0.892. The second-order valence-corrected chi connectivity index (χ2v) is 7.28. The second kappa shape index (κ2) is 5.45. The van der Waals surface area contributed by atoms with Crippen LogP contribution in [0.2, 0.25) is 0 Å². The molecule has 1 aromatic rings. The second-order valence-electron chi connectivity index (χ2n) is 7.28. The fraction of sp³-hybridized carbons (Fsp3) is 0.611. The van der Waals surface area contributed by atoms with Gasteiger partial charge in [-0.15, -0.1) is 0 Å². The highest BCUT2D eigenvalue weighted by Gasteiger charge is 2.37. The highest BCUT2D eigenvalue weighted by molar-refractivity contribution is 5.70. The summed E-state index contributed by atoms with van der Waals surface area (Å²) in [6, 6.07) is 9.62. The number of fused-ring (bicyclic) bond motifs is 1. The Morgan fingerprint density at radius 3 is 2.52 bits per heavy atom. The van der Waals surface area contributed by atoms with Crippen molar-refractivity contribution in [3.63, 3.8) is 0 Å². The normalized spacial score (nSPS) is 30.9. The molecule has 3 nitrogen and oxygen atoms in total. The summed E-state index contributed by atoms with van der Waals surface area (Å²) in [6.45, 7) is 4.63. The third kappa shape index (κ3) is 2.84. The van der Waals surface area contributed by atoms with Gasteiger partial charge in [-0.3, -0.25) is 4.79 Å². The topological polar surface area (TPSA) is 49.3 Å². The van der Waals surface area contributed by atoms with Crippen LogP contribution in [0, 0.1) is 5.92 Å². The molecule has 1 aromatic carbocycles. The summed E-state index contributed by atoms with van der Waals surface area (Å²) in [5.74, 6) is -0.754. The van der Waals surface area contributed by atoms with Crippen molar-refractivity contribution in [2.45, 2.75) is 63.5 Å². The minimum Gasteiger partial charge on any atom is -0.481 e. The maximum absolute atomic E-state index is 11.0. The minimum absolute atomic E-state index is 0.129. The third-order valence-corrected chi connectivity index (χ3v) is 5.29. The number of aliphatic carboxylic acids is 1. The molecule has 2 aliphatic rings. The summed E-state index contributed by atoms with van der Waals surface area (Å²) in [6.07, 6.45) is 4.72. The molecule has 1 saturated carbocycles. The molecule has 114 valence electrons. The van der Waals surface area contributed by atoms with Gasteiger partial charge in [0.25, 0.3) is 0 Å². The van der Waals surface area contributed by atoms with E-state index < -0.39 is 5.97 Å². The van der Waals surface area contributed by atoms with Gasteiger partial charge in [-0.25, -0.2) is 0 Å². The Hall–Kier alpha value is -1.35. The van der Waals surface area contributed by atoms with E-state index in [1.165, 1.54) is 11.1 Å². The van der Waals surface area contributed by atoms with Crippen LogP contribution in [0.4, 0.5) is 0 Å². The van der Waals surface area contributed by atoms with Gasteiger partial charge in [-0.1, -0.05) is 38.1 Å². The molecule has 0 heterocycles. The molecular weight excluding hydrogens is 262 g/mol. The molecule has 3 rings (SSSR count). The van der Waals surface area contributed by atoms with Gasteiger partial charge < -0.3 is 10.4 Å². The maximum Gasteiger partial charge on any atom is 0.306 e. The highest BCUT2D eigenvalue weighted by Crippen LogP contribution is 2.45. The zero-order chi connectivity index (χ0) is 15.0. The highest BCUT2D eigenvalue weighted by atomic mass is 16.4. The van der Waals surface area contributed by atoms with Gasteiger partial charge >= 0.3 is 5.97 Å². The van der Waals surface area contributed by atoms with E-state index in [0.717, 1.165) is 32.1 Å². The van der Waals surface area contributed by atoms with E-state index in [1.54, 1.807) is 0 Å². The van der Waals surface area contributed by atoms with Crippen molar-refractivity contribution in [3.8, 4) is 0 Å². The zero-order valence-electron chi connectivity index (χ0n) is 12.9. The number of hydrogen-bond acceptors (Lipinski definition) is 2. The smallest absolute Gasteiger partial charge is 0.306 e. The van der Waals surface area contributed by atoms with Crippen molar-refractivity contribution < 1.29 is 9.90 Å². The van der Waals surface area contributed by atoms with E-state index in [0.29, 0.717) is 12.1 Å². The number of carboxylic acids is 1. The summed E-state index contributed by atoms with van der Waals surface area (Å²) >= 11 is 0. The van der Waals surface area contributed by atoms with Crippen molar-refractivity contribution >= 4 is 5.97 Å². The Kier molecular flexibility index (Phi) is 3.78. The number of carboxylic acid groups (broad SMARTS) is 1. The fourth-order valence-electron chi connectivity index (χ4n) is 4.09. The summed E-state index contributed by atoms with van der Waals surface area (Å²) in [5.41, 5.74) is 3.12. The average Bonchev–Trinajstić information content (AvgIpc) is 2.71. The van der Waals surface area contributed by atoms with Gasteiger partial charge in [0.1, 0.15) is 0 Å². The average molecular weight is 287 g/mol. The fourth-order valence-corrected chi connectivity index (χ4v) is 4.09. The van der Waals surface area contributed by atoms with Crippen LogP contribution in [-0.4, -0.2) is 17.1 Å². The lowest BCUT2D eigenvalue weighted by molar-refractivity contribution is -0.142. The molecule has 0 amide bonds. The van der Waals surface area contributed by atoms with E-state index in [9.17, 15) is 4.79 Å². The van der Waals surface area contributed by atoms with E-state index in [2.05, 4.69) is 43.4 Å². The molecule has 2 N–H and O–H groups in total. The number of carbonyl (C=O) groups is 1. The monoisotopic (exact) mass is 287 g/mol. The van der Waals surface area contributed by atoms with Crippen LogP contribution >= 0.6 is 0 Å². The summed E-state index contributed by atoms with van der Waals surface area (Å²) in [5, 5.41) is 12.9. The molecule has 0 bridgehead atoms. The molecule has 21 heavy (non-hydrogen) atoms. The molecule has 0 aromatic heterocycles. The van der Waals surface area contributed by atoms with Crippen LogP contribution in [0.5, 0.6) is 0 Å². The molecule has 3 heteroatoms. The van der Waals surface area contributed by atoms with Gasteiger partial charge in [0.15, 0.2) is 0 Å². The van der Waals surface area contributed by atoms with Crippen molar-refractivity contribution in [2.75, 3.05) is 0 Å². The van der Waals surface area contributed by atoms with Gasteiger partial charge in [0, 0.05) is 12.1 Å². The van der Waals surface area contributed by atoms with E-state index in [1.807, 2.05) is 0 Å². The van der Waals surface area contributed by atoms with E-state index in [4.69, 9.17) is 5.11 Å². The van der Waals surface area contributed by atoms with Gasteiger partial charge in [-0.2, -0.15) is 0 Å². The summed E-state index contributed by atoms with van der Waals surface area (Å²) in [7, 11) is 0. The van der Waals surface area contributed by atoms with Crippen molar-refractivity contribution in [1.29, 1.82) is 0 Å². The van der Waals surface area contributed by atoms with Crippen LogP contribution in [0.15, 0.2) is 24.3 Å². The molecule has 1 atom stereocenters. The van der Waals surface area contributed by atoms with Crippen LogP contribution in [0.1, 0.15) is 63.1 Å². The third-order valence-electron chi connectivity index (χ3n) is 5.29. The molecule has 0 saturated heterocycles. The Morgan fingerprint density at radius 2 is 1.86 bits per heavy atom. The predicted molar refractivity (Wildman–Crippen MR) is 83.3 cm³/mol. The first-order chi connectivity index (χ1) is 9.97. The van der Waals surface area contributed by atoms with E-state index in [-0.39, 0.29) is 11.3 Å². The molecular formula is C18H25NO2. The Balaban J connectivity index is 1.66. The first-order valence-corrected chi connectivity index (χ1v) is 8.05. The summed E-state index contributed by atoms with van der Waals surface area (Å²) in [4.78, 5) is 11.0. The van der Waals surface area contributed by atoms with Gasteiger partial charge in [-0.05, 0) is 48.6 Å². The number of benzene rings is 1. The largest absolute Gasteiger partial charge is 0.481 e.